The third-order valence-electron chi connectivity index (χ3n) is 1.66. The van der Waals surface area contributed by atoms with Crippen LogP contribution in [0.4, 0.5) is 8.78 Å². The van der Waals surface area contributed by atoms with Gasteiger partial charge in [0.2, 0.25) is 0 Å². The predicted octanol–water partition coefficient (Wildman–Crippen LogP) is -0.443. The van der Waals surface area contributed by atoms with Crippen molar-refractivity contribution in [3.63, 3.8) is 0 Å². The zero-order valence-electron chi connectivity index (χ0n) is 6.21. The Labute approximate surface area is 79.1 Å². The Kier molecular flexibility index (Phi) is 1.83. The van der Waals surface area contributed by atoms with E-state index in [1.54, 1.807) is 0 Å². The number of nitrogens with zero attached hydrogens (tertiary/aromatic N) is 2. The maximum Gasteiger partial charge on any atom is 0.153 e. The average molecular weight is 192 g/mol. The molecule has 0 bridgehead atoms. The van der Waals surface area contributed by atoms with Crippen molar-refractivity contribution in [1.29, 1.82) is 0 Å². The van der Waals surface area contributed by atoms with E-state index >= 15 is 0 Å². The van der Waals surface area contributed by atoms with Crippen LogP contribution in [0, 0.1) is 11.6 Å². The molecular formula is C6B2F2N2S. The van der Waals surface area contributed by atoms with E-state index in [9.17, 15) is 8.78 Å². The van der Waals surface area contributed by atoms with Crippen molar-refractivity contribution in [2.24, 2.45) is 0 Å². The van der Waals surface area contributed by atoms with Gasteiger partial charge in [-0.25, -0.2) is 8.78 Å². The average Bonchev–Trinajstić information content (AvgIpc) is 2.59. The molecule has 0 saturated carbocycles. The number of halogens is 2. The van der Waals surface area contributed by atoms with Gasteiger partial charge in [-0.3, -0.25) is 0 Å². The number of hydrogen-bond acceptors (Lipinski definition) is 3. The van der Waals surface area contributed by atoms with Crippen molar-refractivity contribution in [1.82, 2.24) is 8.75 Å². The fraction of sp³-hybridized carbons (Fsp3) is 0. The SMILES string of the molecule is [B]c1c(F)c(F)c([B])c2nsnc12. The lowest BCUT2D eigenvalue weighted by molar-refractivity contribution is 0.521. The summed E-state index contributed by atoms with van der Waals surface area (Å²) in [5.74, 6) is -2.34. The highest BCUT2D eigenvalue weighted by Crippen LogP contribution is 2.10. The first-order valence-corrected chi connectivity index (χ1v) is 4.00. The topological polar surface area (TPSA) is 25.8 Å². The molecule has 2 nitrogen and oxygen atoms in total. The summed E-state index contributed by atoms with van der Waals surface area (Å²) in [4.78, 5) is 0. The summed E-state index contributed by atoms with van der Waals surface area (Å²) in [6, 6.07) is 0. The Morgan fingerprint density at radius 1 is 0.923 bits per heavy atom. The van der Waals surface area contributed by atoms with Gasteiger partial charge in [0.1, 0.15) is 15.7 Å². The highest BCUT2D eigenvalue weighted by atomic mass is 32.1. The lowest BCUT2D eigenvalue weighted by Gasteiger charge is -2.02. The molecule has 13 heavy (non-hydrogen) atoms. The molecular weight excluding hydrogens is 192 g/mol. The van der Waals surface area contributed by atoms with Gasteiger partial charge in [-0.1, -0.05) is 0 Å². The van der Waals surface area contributed by atoms with Crippen LogP contribution in [0.25, 0.3) is 11.0 Å². The van der Waals surface area contributed by atoms with Gasteiger partial charge < -0.3 is 0 Å². The van der Waals surface area contributed by atoms with Gasteiger partial charge in [-0.05, 0) is 10.9 Å². The molecule has 1 aromatic carbocycles. The zero-order valence-corrected chi connectivity index (χ0v) is 7.03. The molecule has 0 saturated heterocycles. The van der Waals surface area contributed by atoms with Gasteiger partial charge in [-0.2, -0.15) is 8.75 Å². The molecule has 0 aliphatic rings. The van der Waals surface area contributed by atoms with E-state index in [2.05, 4.69) is 8.75 Å². The fourth-order valence-electron chi connectivity index (χ4n) is 0.986. The second-order valence-electron chi connectivity index (χ2n) is 2.42. The maximum atomic E-state index is 13.0. The number of hydrogen-bond donors (Lipinski definition) is 0. The van der Waals surface area contributed by atoms with Crippen molar-refractivity contribution >= 4 is 49.4 Å². The van der Waals surface area contributed by atoms with Gasteiger partial charge in [0.25, 0.3) is 0 Å². The minimum Gasteiger partial charge on any atom is -0.204 e. The van der Waals surface area contributed by atoms with Gasteiger partial charge in [0.15, 0.2) is 11.6 Å². The first-order chi connectivity index (χ1) is 6.13. The van der Waals surface area contributed by atoms with Crippen LogP contribution in [-0.2, 0) is 0 Å². The van der Waals surface area contributed by atoms with E-state index in [1.807, 2.05) is 0 Å². The molecule has 1 heterocycles. The van der Waals surface area contributed by atoms with Crippen LogP contribution < -0.4 is 10.9 Å². The maximum absolute atomic E-state index is 13.0. The van der Waals surface area contributed by atoms with Crippen molar-refractivity contribution in [3.05, 3.63) is 11.6 Å². The van der Waals surface area contributed by atoms with E-state index in [4.69, 9.17) is 15.7 Å². The van der Waals surface area contributed by atoms with Crippen molar-refractivity contribution < 1.29 is 8.78 Å². The van der Waals surface area contributed by atoms with Gasteiger partial charge >= 0.3 is 0 Å². The third-order valence-corrected chi connectivity index (χ3v) is 2.19. The molecule has 1 aromatic heterocycles. The largest absolute Gasteiger partial charge is 0.204 e. The van der Waals surface area contributed by atoms with Crippen molar-refractivity contribution in [2.45, 2.75) is 0 Å². The highest BCUT2D eigenvalue weighted by Gasteiger charge is 2.16. The molecule has 0 N–H and O–H groups in total. The van der Waals surface area contributed by atoms with Crippen LogP contribution in [0.15, 0.2) is 0 Å². The van der Waals surface area contributed by atoms with Gasteiger partial charge in [0, 0.05) is 0 Å². The Morgan fingerprint density at radius 3 is 1.69 bits per heavy atom. The first-order valence-electron chi connectivity index (χ1n) is 3.27. The molecule has 60 valence electrons. The summed E-state index contributed by atoms with van der Waals surface area (Å²) in [6.07, 6.45) is 0. The summed E-state index contributed by atoms with van der Waals surface area (Å²) in [5.41, 5.74) is -0.478. The zero-order chi connectivity index (χ0) is 9.59. The number of aromatic nitrogens is 2. The predicted molar refractivity (Wildman–Crippen MR) is 48.1 cm³/mol. The Hall–Kier alpha value is -0.970. The number of rotatable bonds is 0. The van der Waals surface area contributed by atoms with E-state index in [-0.39, 0.29) is 22.0 Å². The van der Waals surface area contributed by atoms with Gasteiger partial charge in [-0.15, -0.1) is 0 Å². The molecule has 0 spiro atoms. The molecule has 0 aliphatic heterocycles. The Morgan fingerprint density at radius 2 is 1.31 bits per heavy atom. The molecule has 2 rings (SSSR count). The smallest absolute Gasteiger partial charge is 0.153 e. The molecule has 0 unspecified atom stereocenters. The number of fused-ring (bicyclic) bond motifs is 1. The molecule has 0 fully saturated rings. The van der Waals surface area contributed by atoms with Crippen molar-refractivity contribution in [2.75, 3.05) is 0 Å². The first kappa shape index (κ1) is 8.62. The molecule has 0 aliphatic carbocycles. The summed E-state index contributed by atoms with van der Waals surface area (Å²) in [6.45, 7) is 0. The third kappa shape index (κ3) is 1.07. The Bertz CT molecular complexity index is 443. The van der Waals surface area contributed by atoms with Crippen LogP contribution in [-0.4, -0.2) is 24.4 Å². The Balaban J connectivity index is 3.02. The van der Waals surface area contributed by atoms with Crippen LogP contribution >= 0.6 is 11.7 Å². The van der Waals surface area contributed by atoms with E-state index in [0.717, 1.165) is 11.7 Å². The second-order valence-corrected chi connectivity index (χ2v) is 2.95. The summed E-state index contributed by atoms with van der Waals surface area (Å²) in [5, 5.41) is 0. The van der Waals surface area contributed by atoms with Crippen LogP contribution in [0.2, 0.25) is 0 Å². The van der Waals surface area contributed by atoms with E-state index in [0.29, 0.717) is 0 Å². The van der Waals surface area contributed by atoms with Crippen LogP contribution in [0.5, 0.6) is 0 Å². The van der Waals surface area contributed by atoms with Crippen LogP contribution in [0.1, 0.15) is 0 Å². The normalized spacial score (nSPS) is 10.9. The lowest BCUT2D eigenvalue weighted by Crippen LogP contribution is -2.22. The summed E-state index contributed by atoms with van der Waals surface area (Å²) in [7, 11) is 10.5. The molecule has 0 atom stereocenters. The lowest BCUT2D eigenvalue weighted by atomic mass is 9.86. The minimum atomic E-state index is -1.17. The second kappa shape index (κ2) is 2.77. The fourth-order valence-corrected chi connectivity index (χ4v) is 1.56. The van der Waals surface area contributed by atoms with Crippen molar-refractivity contribution in [3.8, 4) is 0 Å². The molecule has 4 radical (unpaired) electrons. The molecule has 0 amide bonds. The standard InChI is InChI=1S/C6B2F2N2S/c7-1-3(9)4(10)2(8)6-5(1)11-13-12-6. The summed E-state index contributed by atoms with van der Waals surface area (Å²) < 4.78 is 33.3. The molecule has 7 heteroatoms. The minimum absolute atomic E-state index is 0.112. The van der Waals surface area contributed by atoms with E-state index in [1.165, 1.54) is 0 Å². The number of benzene rings is 1. The molecule has 2 aromatic rings. The quantitative estimate of drug-likeness (QED) is 0.528. The van der Waals surface area contributed by atoms with Crippen LogP contribution in [0.3, 0.4) is 0 Å². The highest BCUT2D eigenvalue weighted by molar-refractivity contribution is 7.00. The monoisotopic (exact) mass is 192 g/mol. The van der Waals surface area contributed by atoms with E-state index < -0.39 is 11.6 Å². The van der Waals surface area contributed by atoms with Gasteiger partial charge in [0.05, 0.1) is 22.8 Å². The summed E-state index contributed by atoms with van der Waals surface area (Å²) >= 11 is 0.805.